The van der Waals surface area contributed by atoms with E-state index in [1.807, 2.05) is 143 Å². The number of nitrogens with one attached hydrogen (secondary N) is 8. The topological polar surface area (TPSA) is 576 Å². The highest BCUT2D eigenvalue weighted by molar-refractivity contribution is 9.10. The van der Waals surface area contributed by atoms with E-state index in [4.69, 9.17) is 64.9 Å². The van der Waals surface area contributed by atoms with Gasteiger partial charge >= 0.3 is 47.6 Å². The summed E-state index contributed by atoms with van der Waals surface area (Å²) >= 11 is 23.4. The maximum absolute atomic E-state index is 12.8. The molecule has 0 aliphatic carbocycles. The van der Waals surface area contributed by atoms with Gasteiger partial charge < -0.3 is 114 Å². The van der Waals surface area contributed by atoms with Gasteiger partial charge in [-0.1, -0.05) is 71.8 Å². The molecule has 7 heterocycles. The summed E-state index contributed by atoms with van der Waals surface area (Å²) in [7, 11) is -1.00. The van der Waals surface area contributed by atoms with Crippen LogP contribution in [0.3, 0.4) is 0 Å². The molecule has 18 N–H and O–H groups in total. The number of piperazine rings is 1. The van der Waals surface area contributed by atoms with E-state index in [1.165, 1.54) is 0 Å². The molecule has 3 aliphatic rings. The maximum Gasteiger partial charge on any atom is 0.519 e. The van der Waals surface area contributed by atoms with Crippen LogP contribution in [0, 0.1) is 24.2 Å². The lowest BCUT2D eigenvalue weighted by molar-refractivity contribution is -0.143. The Balaban J connectivity index is -0.00000162. The molecule has 0 unspecified atom stereocenters. The lowest BCUT2D eigenvalue weighted by Crippen LogP contribution is -2.57. The lowest BCUT2D eigenvalue weighted by Gasteiger charge is -2.33. The Labute approximate surface area is 923 Å². The zero-order valence-corrected chi connectivity index (χ0v) is 99.6. The van der Waals surface area contributed by atoms with Crippen molar-refractivity contribution >= 4 is 169 Å². The van der Waals surface area contributed by atoms with Crippen molar-refractivity contribution in [1.82, 2.24) is 71.6 Å². The third kappa shape index (κ3) is 74.8. The van der Waals surface area contributed by atoms with E-state index in [1.54, 1.807) is 129 Å². The number of hydrogen-bond acceptors (Lipinski definition) is 35. The summed E-state index contributed by atoms with van der Waals surface area (Å²) < 4.78 is 72.9. The van der Waals surface area contributed by atoms with Crippen molar-refractivity contribution in [3.05, 3.63) is 162 Å². The summed E-state index contributed by atoms with van der Waals surface area (Å²) in [6.45, 7) is 61.2. The predicted molar refractivity (Wildman–Crippen MR) is 601 cm³/mol. The number of fused-ring (bicyclic) bond motifs is 4. The van der Waals surface area contributed by atoms with Crippen molar-refractivity contribution in [3.8, 4) is 29.9 Å². The number of aromatic nitrogens is 6. The van der Waals surface area contributed by atoms with E-state index >= 15 is 0 Å². The van der Waals surface area contributed by atoms with Crippen LogP contribution in [-0.4, -0.2) is 230 Å². The SMILES string of the molecule is C#Cc1ccccn1.CC(C)(C)OC(=O)OC(=O)OC(C)(C)C.CC(C)(N)CN.CC(C)(N)CNC(=O)OC(C)(C)C.CC1(C)CNC(=O)CN1.CC1(C)Cn2c(nc3cc(Br)ccc3c2=O)CN1.CC1(C)Cn2c(nc3cc(C#Cc4ccccn4)ccc3c2=O)CN1.CCOC(=O)CBr.CCOC(=O)CNC(C)(C)CN.CCOC(=O)CNC(C)(C)CNC(=O)OC(C)(C)C.Nc1cc(Br)ccc1OC=O.O=P(Cl)(Cl)Cl.[2H]CF. The largest absolute Gasteiger partial charge is 0.519 e. The molecular formula is C102H159Br3Cl3FN19O21P. The number of ether oxygens (including phenoxy) is 9. The molecule has 48 heteroatoms. The minimum Gasteiger partial charge on any atom is -0.465 e. The predicted octanol–water partition coefficient (Wildman–Crippen LogP) is 15.7. The van der Waals surface area contributed by atoms with E-state index in [-0.39, 0.29) is 75.7 Å². The van der Waals surface area contributed by atoms with Gasteiger partial charge in [-0.25, -0.2) is 39.1 Å². The first-order valence-electron chi connectivity index (χ1n) is 47.7. The summed E-state index contributed by atoms with van der Waals surface area (Å²) in [5.74, 6) is 9.83. The van der Waals surface area contributed by atoms with Crippen molar-refractivity contribution < 1.29 is 96.1 Å². The molecule has 10 rings (SSSR count). The molecule has 0 saturated carbocycles. The first-order chi connectivity index (χ1) is 69.2. The Hall–Kier alpha value is -10.1. The maximum atomic E-state index is 12.8. The molecule has 0 bridgehead atoms. The molecule has 1 fully saturated rings. The van der Waals surface area contributed by atoms with Crippen molar-refractivity contribution in [2.45, 2.75) is 288 Å². The highest BCUT2D eigenvalue weighted by atomic mass is 79.9. The average Bonchev–Trinajstić information content (AvgIpc) is 0.768. The normalized spacial score (nSPS) is 13.4. The van der Waals surface area contributed by atoms with Crippen molar-refractivity contribution in [1.29, 1.82) is 0 Å². The molecule has 842 valence electrons. The van der Waals surface area contributed by atoms with Crippen LogP contribution >= 0.6 is 86.7 Å². The van der Waals surface area contributed by atoms with E-state index in [9.17, 15) is 61.7 Å². The smallest absolute Gasteiger partial charge is 0.465 e. The number of alkyl carbamates (subject to hydrolysis) is 2. The van der Waals surface area contributed by atoms with Gasteiger partial charge in [0, 0.05) is 111 Å². The van der Waals surface area contributed by atoms with Crippen LogP contribution in [-0.2, 0) is 92.6 Å². The van der Waals surface area contributed by atoms with E-state index in [0.717, 1.165) is 38.2 Å². The number of halogens is 7. The van der Waals surface area contributed by atoms with Gasteiger partial charge in [0.25, 0.3) is 17.6 Å². The molecule has 150 heavy (non-hydrogen) atoms. The summed E-state index contributed by atoms with van der Waals surface area (Å²) in [6, 6.07) is 27.3. The Morgan fingerprint density at radius 2 is 0.953 bits per heavy atom. The Bertz CT molecular complexity index is 5620. The first kappa shape index (κ1) is 142. The third-order valence-electron chi connectivity index (χ3n) is 17.6. The number of nitrogens with two attached hydrogens (primary N) is 5. The number of hydrogen-bond donors (Lipinski definition) is 13. The molecule has 0 radical (unpaired) electrons. The number of nitrogen functional groups attached to an aromatic ring is 1. The minimum absolute atomic E-state index is 0.0128. The standard InChI is InChI=1S/C20H18N4O.C13H14BrN3O.C13H26N2O4.C10H18O5.C9H20N2O2.C8H18N2O2.C7H6BrNO2.C7H5N.C6H12N2O.C4H7BrO2.C4H12N2.CH3F.Cl3OP/c1-20(2)13-24-18(12-22-20)23-17-11-14(7-9-16(17)19(24)25)6-8-15-5-3-4-10-21-15;1-13(2)7-17-11(6-15-13)16-10-5-8(14)3-4-9(10)12(17)18;1-7-18-10(16)8-15-13(5,6)9-14-11(17)19-12(2,3)4;1-9(2,3)14-7(11)13-8(12)15-10(4,5)6;1-8(2,3)13-7(12)11-6-9(4,5)10;1-4-12-7(11)5-10-8(2,3)6-9;8-5-1-2-7(11-4-10)6(9)3-5;1-2-7-5-3-4-6-8-7;1-6(2)4-7-5(9)3-8-6;1-2-7-4(6)3-5;1-4(2,6)3-5;1-2;1-5(2,3)4/h3-5,7,9-11,22H,12-13H2,1-2H3;3-5,15H,6-7H2,1-2H3;15H,7-9H2,1-6H3,(H,14,17);1-6H3;6,10H2,1-5H3,(H,11,12);10H,4-6,9H2,1-3H3;1-4H,9H2;1,3-6H;8H,3-4H2,1-2H3,(H,7,9);2-3H2,1H3;3,5-6H2,1-2H3;1H3;/i;;;;;;;;;;;1D;. The van der Waals surface area contributed by atoms with E-state index in [0.29, 0.717) is 130 Å². The highest BCUT2D eigenvalue weighted by Gasteiger charge is 2.31. The Kier molecular flexibility index (Phi) is 65.8. The second-order valence-corrected chi connectivity index (χ2v) is 50.0. The number of carbonyl (C=O) groups excluding carboxylic acids is 9. The molecular weight excluding hydrogens is 2220 g/mol. The van der Waals surface area contributed by atoms with Gasteiger partial charge in [-0.3, -0.25) is 51.7 Å². The number of pyridine rings is 2. The van der Waals surface area contributed by atoms with E-state index in [2.05, 4.69) is 217 Å². The minimum atomic E-state index is -3.22. The number of rotatable bonds is 18. The number of terminal acetylenes is 1. The molecule has 40 nitrogen and oxygen atoms in total. The van der Waals surface area contributed by atoms with Gasteiger partial charge in [0.15, 0.2) is 5.75 Å². The first-order valence-corrected chi connectivity index (χ1v) is 54.2. The van der Waals surface area contributed by atoms with Gasteiger partial charge in [0.2, 0.25) is 5.91 Å². The summed E-state index contributed by atoms with van der Waals surface area (Å²) in [5, 5.41) is 22.3. The zero-order valence-electron chi connectivity index (χ0n) is 92.7. The van der Waals surface area contributed by atoms with Gasteiger partial charge in [-0.15, -0.1) is 6.42 Å². The van der Waals surface area contributed by atoms with Gasteiger partial charge in [0.05, 0.1) is 88.6 Å². The zero-order chi connectivity index (χ0) is 117. The van der Waals surface area contributed by atoms with Crippen LogP contribution in [0.25, 0.3) is 21.8 Å². The quantitative estimate of drug-likeness (QED) is 0.00554. The molecule has 7 aromatic rings. The fraction of sp³-hybridized carbons (Fsp3) is 0.559. The van der Waals surface area contributed by atoms with Crippen LogP contribution in [0.5, 0.6) is 5.75 Å². The van der Waals surface area contributed by atoms with Crippen LogP contribution in [0.15, 0.2) is 122 Å². The summed E-state index contributed by atoms with van der Waals surface area (Å²) in [6.07, 6.45) is 5.41. The van der Waals surface area contributed by atoms with E-state index < -0.39 is 70.3 Å². The molecule has 4 aromatic heterocycles. The highest BCUT2D eigenvalue weighted by Crippen LogP contribution is 2.61. The number of carbonyl (C=O) groups is 9. The van der Waals surface area contributed by atoms with Crippen LogP contribution in [0.1, 0.15) is 231 Å². The van der Waals surface area contributed by atoms with Crippen molar-refractivity contribution in [2.75, 3.05) is 90.4 Å². The number of benzene rings is 3. The number of amides is 3. The van der Waals surface area contributed by atoms with Gasteiger partial charge in [-0.2, -0.15) is 0 Å². The number of alkyl halides is 2. The van der Waals surface area contributed by atoms with Crippen molar-refractivity contribution in [2.24, 2.45) is 22.9 Å². The summed E-state index contributed by atoms with van der Waals surface area (Å²) in [4.78, 5) is 140. The number of nitrogens with zero attached hydrogens (tertiary/aromatic N) is 6. The molecule has 0 atom stereocenters. The molecule has 0 spiro atoms. The van der Waals surface area contributed by atoms with Gasteiger partial charge in [0.1, 0.15) is 50.8 Å². The fourth-order valence-corrected chi connectivity index (χ4v) is 11.3. The monoisotopic (exact) mass is 2380 g/mol. The second kappa shape index (κ2) is 69.5. The third-order valence-corrected chi connectivity index (χ3v) is 19.0. The molecule has 1 saturated heterocycles. The average molecular weight is 2380 g/mol. The van der Waals surface area contributed by atoms with Crippen molar-refractivity contribution in [3.63, 3.8) is 0 Å². The summed E-state index contributed by atoms with van der Waals surface area (Å²) in [5.41, 5.74) is 27.7. The number of esters is 3. The second-order valence-electron chi connectivity index (χ2n) is 41.0. The number of anilines is 1. The molecule has 3 aliphatic heterocycles. The molecule has 3 amide bonds. The lowest BCUT2D eigenvalue weighted by atomic mass is 10.0. The fourth-order valence-electron chi connectivity index (χ4n) is 10.4. The van der Waals surface area contributed by atoms with Gasteiger partial charge in [-0.05, 0) is 319 Å². The van der Waals surface area contributed by atoms with Crippen LogP contribution in [0.2, 0.25) is 0 Å². The molecule has 3 aromatic carbocycles. The Morgan fingerprint density at radius 3 is 1.30 bits per heavy atom. The van der Waals surface area contributed by atoms with Crippen LogP contribution < -0.4 is 87.1 Å². The Morgan fingerprint density at radius 1 is 0.560 bits per heavy atom. The van der Waals surface area contributed by atoms with Crippen LogP contribution in [0.4, 0.5) is 29.3 Å².